The Morgan fingerprint density at radius 2 is 1.69 bits per heavy atom. The summed E-state index contributed by atoms with van der Waals surface area (Å²) in [5.41, 5.74) is 5.93. The van der Waals surface area contributed by atoms with Crippen molar-refractivity contribution in [2.45, 2.75) is 25.5 Å². The van der Waals surface area contributed by atoms with E-state index in [1.165, 1.54) is 0 Å². The van der Waals surface area contributed by atoms with Gasteiger partial charge in [0.15, 0.2) is 0 Å². The number of benzene rings is 1. The number of hydrogen-bond donors (Lipinski definition) is 2. The number of halogens is 1. The monoisotopic (exact) mass is 201 g/mol. The predicted molar refractivity (Wildman–Crippen MR) is 56.9 cm³/mol. The van der Waals surface area contributed by atoms with Gasteiger partial charge in [-0.05, 0) is 19.4 Å². The summed E-state index contributed by atoms with van der Waals surface area (Å²) in [4.78, 5) is 0. The van der Waals surface area contributed by atoms with Gasteiger partial charge in [0, 0.05) is 0 Å². The minimum Gasteiger partial charge on any atom is -0.388 e. The van der Waals surface area contributed by atoms with Crippen LogP contribution in [0.2, 0.25) is 0 Å². The quantitative estimate of drug-likeness (QED) is 0.768. The van der Waals surface area contributed by atoms with Crippen molar-refractivity contribution in [3.63, 3.8) is 0 Å². The van der Waals surface area contributed by atoms with E-state index < -0.39 is 5.60 Å². The molecule has 1 aromatic rings. The molecule has 74 valence electrons. The number of nitrogens with two attached hydrogens (primary N) is 1. The smallest absolute Gasteiger partial charge is 0.0783 e. The van der Waals surface area contributed by atoms with Gasteiger partial charge in [-0.3, -0.25) is 0 Å². The summed E-state index contributed by atoms with van der Waals surface area (Å²) in [6.45, 7) is 3.43. The molecule has 1 atom stereocenters. The second-order valence-electron chi connectivity index (χ2n) is 3.54. The molecule has 13 heavy (non-hydrogen) atoms. The van der Waals surface area contributed by atoms with E-state index in [-0.39, 0.29) is 18.4 Å². The van der Waals surface area contributed by atoms with E-state index in [4.69, 9.17) is 5.73 Å². The molecule has 0 radical (unpaired) electrons. The fraction of sp³-hybridized carbons (Fsp3) is 0.400. The van der Waals surface area contributed by atoms with Gasteiger partial charge >= 0.3 is 0 Å². The number of hydrogen-bond acceptors (Lipinski definition) is 2. The fourth-order valence-corrected chi connectivity index (χ4v) is 1.07. The van der Waals surface area contributed by atoms with Crippen LogP contribution in [0.3, 0.4) is 0 Å². The summed E-state index contributed by atoms with van der Waals surface area (Å²) in [6, 6.07) is 9.28. The van der Waals surface area contributed by atoms with E-state index in [2.05, 4.69) is 0 Å². The Labute approximate surface area is 85.2 Å². The lowest BCUT2D eigenvalue weighted by molar-refractivity contribution is 0.0517. The van der Waals surface area contributed by atoms with E-state index >= 15 is 0 Å². The lowest BCUT2D eigenvalue weighted by atomic mass is 9.93. The molecule has 0 aromatic heterocycles. The molecule has 0 aliphatic carbocycles. The zero-order valence-electron chi connectivity index (χ0n) is 7.90. The second kappa shape index (κ2) is 4.61. The Balaban J connectivity index is 0.00000144. The topological polar surface area (TPSA) is 46.2 Å². The van der Waals surface area contributed by atoms with E-state index in [0.29, 0.717) is 0 Å². The molecular weight excluding hydrogens is 186 g/mol. The molecule has 1 rings (SSSR count). The molecule has 1 aromatic carbocycles. The first-order valence-electron chi connectivity index (χ1n) is 4.04. The Morgan fingerprint density at radius 3 is 2.08 bits per heavy atom. The molecule has 0 saturated carbocycles. The van der Waals surface area contributed by atoms with Crippen molar-refractivity contribution < 1.29 is 5.11 Å². The highest BCUT2D eigenvalue weighted by Gasteiger charge is 2.23. The Morgan fingerprint density at radius 1 is 1.23 bits per heavy atom. The summed E-state index contributed by atoms with van der Waals surface area (Å²) < 4.78 is 0. The highest BCUT2D eigenvalue weighted by Crippen LogP contribution is 2.21. The molecule has 0 fully saturated rings. The van der Waals surface area contributed by atoms with Crippen LogP contribution in [0.5, 0.6) is 0 Å². The SMILES string of the molecule is CC(C)(O)C(N)c1ccccc1.Cl. The lowest BCUT2D eigenvalue weighted by Crippen LogP contribution is -2.34. The Bertz CT molecular complexity index is 243. The summed E-state index contributed by atoms with van der Waals surface area (Å²) in [5, 5.41) is 9.61. The van der Waals surface area contributed by atoms with Gasteiger partial charge in [0.1, 0.15) is 0 Å². The molecule has 0 aliphatic rings. The first-order valence-corrected chi connectivity index (χ1v) is 4.04. The molecule has 0 aliphatic heterocycles. The van der Waals surface area contributed by atoms with E-state index in [1.54, 1.807) is 13.8 Å². The normalized spacial score (nSPS) is 13.2. The molecule has 1 unspecified atom stereocenters. The summed E-state index contributed by atoms with van der Waals surface area (Å²) >= 11 is 0. The Kier molecular flexibility index (Phi) is 4.40. The van der Waals surface area contributed by atoms with E-state index in [1.807, 2.05) is 30.3 Å². The highest BCUT2D eigenvalue weighted by molar-refractivity contribution is 5.85. The third kappa shape index (κ3) is 3.35. The van der Waals surface area contributed by atoms with Gasteiger partial charge in [0.05, 0.1) is 11.6 Å². The van der Waals surface area contributed by atoms with Crippen molar-refractivity contribution >= 4 is 12.4 Å². The Hall–Kier alpha value is -0.570. The van der Waals surface area contributed by atoms with Gasteiger partial charge in [-0.15, -0.1) is 12.4 Å². The van der Waals surface area contributed by atoms with Crippen LogP contribution in [0.25, 0.3) is 0 Å². The van der Waals surface area contributed by atoms with Crippen LogP contribution in [-0.4, -0.2) is 10.7 Å². The average Bonchev–Trinajstić information content (AvgIpc) is 2.03. The summed E-state index contributed by atoms with van der Waals surface area (Å²) in [5.74, 6) is 0. The van der Waals surface area contributed by atoms with Gasteiger partial charge < -0.3 is 10.8 Å². The predicted octanol–water partition coefficient (Wildman–Crippen LogP) is 1.88. The highest BCUT2D eigenvalue weighted by atomic mass is 35.5. The van der Waals surface area contributed by atoms with Crippen LogP contribution in [0.1, 0.15) is 25.5 Å². The zero-order chi connectivity index (χ0) is 9.19. The summed E-state index contributed by atoms with van der Waals surface area (Å²) in [7, 11) is 0. The van der Waals surface area contributed by atoms with Gasteiger partial charge in [0.25, 0.3) is 0 Å². The maximum Gasteiger partial charge on any atom is 0.0783 e. The third-order valence-electron chi connectivity index (χ3n) is 1.92. The molecule has 3 N–H and O–H groups in total. The van der Waals surface area contributed by atoms with Crippen molar-refractivity contribution in [2.75, 3.05) is 0 Å². The largest absolute Gasteiger partial charge is 0.388 e. The summed E-state index contributed by atoms with van der Waals surface area (Å²) in [6.07, 6.45) is 0. The number of rotatable bonds is 2. The molecule has 0 saturated heterocycles. The fourth-order valence-electron chi connectivity index (χ4n) is 1.07. The van der Waals surface area contributed by atoms with Crippen LogP contribution in [-0.2, 0) is 0 Å². The van der Waals surface area contributed by atoms with Crippen molar-refractivity contribution in [2.24, 2.45) is 5.73 Å². The van der Waals surface area contributed by atoms with Crippen molar-refractivity contribution in [1.82, 2.24) is 0 Å². The maximum atomic E-state index is 9.61. The van der Waals surface area contributed by atoms with Gasteiger partial charge in [0.2, 0.25) is 0 Å². The van der Waals surface area contributed by atoms with Crippen LogP contribution in [0, 0.1) is 0 Å². The minimum atomic E-state index is -0.860. The molecule has 3 heteroatoms. The van der Waals surface area contributed by atoms with E-state index in [9.17, 15) is 5.11 Å². The molecular formula is C10H16ClNO. The third-order valence-corrected chi connectivity index (χ3v) is 1.92. The van der Waals surface area contributed by atoms with Gasteiger partial charge in [-0.1, -0.05) is 30.3 Å². The molecule has 0 amide bonds. The lowest BCUT2D eigenvalue weighted by Gasteiger charge is -2.25. The molecule has 0 heterocycles. The van der Waals surface area contributed by atoms with Crippen molar-refractivity contribution in [1.29, 1.82) is 0 Å². The van der Waals surface area contributed by atoms with Gasteiger partial charge in [-0.2, -0.15) is 0 Å². The standard InChI is InChI=1S/C10H15NO.ClH/c1-10(2,12)9(11)8-6-4-3-5-7-8;/h3-7,9,12H,11H2,1-2H3;1H. The minimum absolute atomic E-state index is 0. The van der Waals surface area contributed by atoms with Crippen LogP contribution < -0.4 is 5.73 Å². The molecule has 0 bridgehead atoms. The van der Waals surface area contributed by atoms with Crippen LogP contribution >= 0.6 is 12.4 Å². The van der Waals surface area contributed by atoms with Gasteiger partial charge in [-0.25, -0.2) is 0 Å². The zero-order valence-corrected chi connectivity index (χ0v) is 8.71. The first-order chi connectivity index (χ1) is 5.52. The first kappa shape index (κ1) is 12.4. The van der Waals surface area contributed by atoms with Crippen molar-refractivity contribution in [3.05, 3.63) is 35.9 Å². The average molecular weight is 202 g/mol. The van der Waals surface area contributed by atoms with Crippen molar-refractivity contribution in [3.8, 4) is 0 Å². The van der Waals surface area contributed by atoms with E-state index in [0.717, 1.165) is 5.56 Å². The molecule has 2 nitrogen and oxygen atoms in total. The molecule has 0 spiro atoms. The number of aliphatic hydroxyl groups is 1. The maximum absolute atomic E-state index is 9.61. The van der Waals surface area contributed by atoms with Crippen LogP contribution in [0.4, 0.5) is 0 Å². The second-order valence-corrected chi connectivity index (χ2v) is 3.54. The van der Waals surface area contributed by atoms with Crippen LogP contribution in [0.15, 0.2) is 30.3 Å².